The molecule has 0 saturated heterocycles. The molecule has 2 rings (SSSR count). The Bertz CT molecular complexity index is 404. The Morgan fingerprint density at radius 1 is 1.37 bits per heavy atom. The van der Waals surface area contributed by atoms with Crippen molar-refractivity contribution in [1.82, 2.24) is 5.32 Å². The number of carbonyl (C=O) groups is 1. The van der Waals surface area contributed by atoms with Crippen molar-refractivity contribution in [2.75, 3.05) is 11.9 Å². The lowest BCUT2D eigenvalue weighted by Crippen LogP contribution is -2.38. The third-order valence-corrected chi connectivity index (χ3v) is 3.60. The lowest BCUT2D eigenvalue weighted by atomic mass is 10.1. The number of carbonyl (C=O) groups excluding carboxylic acids is 1. The van der Waals surface area contributed by atoms with Crippen LogP contribution in [0.5, 0.6) is 0 Å². The van der Waals surface area contributed by atoms with Gasteiger partial charge in [0, 0.05) is 18.7 Å². The minimum absolute atomic E-state index is 0.0949. The van der Waals surface area contributed by atoms with E-state index in [1.54, 1.807) is 0 Å². The van der Waals surface area contributed by atoms with Gasteiger partial charge < -0.3 is 10.6 Å². The Kier molecular flexibility index (Phi) is 4.83. The van der Waals surface area contributed by atoms with Crippen molar-refractivity contribution < 1.29 is 4.79 Å². The lowest BCUT2D eigenvalue weighted by molar-refractivity contribution is -0.121. The molecule has 0 radical (unpaired) electrons. The van der Waals surface area contributed by atoms with Crippen LogP contribution in [0.1, 0.15) is 38.7 Å². The first kappa shape index (κ1) is 13.9. The zero-order valence-electron chi connectivity index (χ0n) is 11.9. The molecule has 0 aromatic heterocycles. The monoisotopic (exact) mass is 260 g/mol. The summed E-state index contributed by atoms with van der Waals surface area (Å²) in [7, 11) is 0. The molecule has 104 valence electrons. The third-order valence-electron chi connectivity index (χ3n) is 3.60. The number of unbranched alkanes of at least 4 members (excludes halogenated alkanes) is 1. The lowest BCUT2D eigenvalue weighted by Gasteiger charge is -2.12. The van der Waals surface area contributed by atoms with Crippen LogP contribution in [0.2, 0.25) is 0 Å². The van der Waals surface area contributed by atoms with Gasteiger partial charge in [0.15, 0.2) is 0 Å². The van der Waals surface area contributed by atoms with Crippen LogP contribution < -0.4 is 10.6 Å². The molecule has 1 aliphatic rings. The molecule has 1 heterocycles. The van der Waals surface area contributed by atoms with E-state index >= 15 is 0 Å². The molecule has 0 bridgehead atoms. The summed E-state index contributed by atoms with van der Waals surface area (Å²) in [4.78, 5) is 12.0. The highest BCUT2D eigenvalue weighted by molar-refractivity contribution is 5.87. The fourth-order valence-corrected chi connectivity index (χ4v) is 2.47. The smallest absolute Gasteiger partial charge is 0.242 e. The fraction of sp³-hybridized carbons (Fsp3) is 0.562. The quantitative estimate of drug-likeness (QED) is 0.772. The van der Waals surface area contributed by atoms with Crippen LogP contribution in [0.25, 0.3) is 0 Å². The van der Waals surface area contributed by atoms with Crippen LogP contribution >= 0.6 is 0 Å². The molecule has 0 unspecified atom stereocenters. The second kappa shape index (κ2) is 6.60. The van der Waals surface area contributed by atoms with Gasteiger partial charge in [-0.15, -0.1) is 0 Å². The SMILES string of the molecule is CC(C)CCCCNC(=O)[C@@H]1Cc2ccccc2N1. The van der Waals surface area contributed by atoms with Gasteiger partial charge in [0.1, 0.15) is 6.04 Å². The maximum atomic E-state index is 12.0. The molecule has 0 spiro atoms. The number of fused-ring (bicyclic) bond motifs is 1. The van der Waals surface area contributed by atoms with Crippen molar-refractivity contribution in [1.29, 1.82) is 0 Å². The Balaban J connectivity index is 1.68. The van der Waals surface area contributed by atoms with Crippen LogP contribution in [0.4, 0.5) is 5.69 Å². The topological polar surface area (TPSA) is 41.1 Å². The molecule has 1 aromatic carbocycles. The van der Waals surface area contributed by atoms with Crippen molar-refractivity contribution in [3.05, 3.63) is 29.8 Å². The van der Waals surface area contributed by atoms with E-state index in [4.69, 9.17) is 0 Å². The van der Waals surface area contributed by atoms with Gasteiger partial charge in [-0.05, 0) is 24.0 Å². The molecule has 1 aromatic rings. The molecule has 3 heteroatoms. The molecular formula is C16H24N2O. The first-order valence-electron chi connectivity index (χ1n) is 7.29. The van der Waals surface area contributed by atoms with Gasteiger partial charge in [-0.2, -0.15) is 0 Å². The molecular weight excluding hydrogens is 236 g/mol. The zero-order valence-corrected chi connectivity index (χ0v) is 11.9. The maximum absolute atomic E-state index is 12.0. The summed E-state index contributed by atoms with van der Waals surface area (Å²) in [6.07, 6.45) is 4.30. The van der Waals surface area contributed by atoms with Gasteiger partial charge in [0.2, 0.25) is 5.91 Å². The van der Waals surface area contributed by atoms with Crippen molar-refractivity contribution in [3.63, 3.8) is 0 Å². The number of rotatable bonds is 6. The Hall–Kier alpha value is -1.51. The summed E-state index contributed by atoms with van der Waals surface area (Å²) in [5.74, 6) is 0.877. The van der Waals surface area contributed by atoms with Crippen molar-refractivity contribution in [2.24, 2.45) is 5.92 Å². The minimum Gasteiger partial charge on any atom is -0.373 e. The molecule has 2 N–H and O–H groups in total. The highest BCUT2D eigenvalue weighted by atomic mass is 16.2. The minimum atomic E-state index is -0.0949. The van der Waals surface area contributed by atoms with Crippen molar-refractivity contribution in [2.45, 2.75) is 45.6 Å². The largest absolute Gasteiger partial charge is 0.373 e. The van der Waals surface area contributed by atoms with Crippen LogP contribution in [0.15, 0.2) is 24.3 Å². The molecule has 3 nitrogen and oxygen atoms in total. The van der Waals surface area contributed by atoms with Gasteiger partial charge in [-0.25, -0.2) is 0 Å². The maximum Gasteiger partial charge on any atom is 0.242 e. The van der Waals surface area contributed by atoms with Crippen LogP contribution in [-0.2, 0) is 11.2 Å². The summed E-state index contributed by atoms with van der Waals surface area (Å²) in [5.41, 5.74) is 2.34. The van der Waals surface area contributed by atoms with Gasteiger partial charge in [0.25, 0.3) is 0 Å². The molecule has 0 fully saturated rings. The number of hydrogen-bond donors (Lipinski definition) is 2. The fourth-order valence-electron chi connectivity index (χ4n) is 2.47. The number of nitrogens with one attached hydrogen (secondary N) is 2. The molecule has 19 heavy (non-hydrogen) atoms. The van der Waals surface area contributed by atoms with Crippen LogP contribution in [0, 0.1) is 5.92 Å². The average molecular weight is 260 g/mol. The van der Waals surface area contributed by atoms with E-state index in [-0.39, 0.29) is 11.9 Å². The Labute approximate surface area is 115 Å². The van der Waals surface area contributed by atoms with E-state index in [2.05, 4.69) is 30.5 Å². The summed E-state index contributed by atoms with van der Waals surface area (Å²) >= 11 is 0. The predicted molar refractivity (Wildman–Crippen MR) is 79.3 cm³/mol. The van der Waals surface area contributed by atoms with Gasteiger partial charge >= 0.3 is 0 Å². The van der Waals surface area contributed by atoms with Gasteiger partial charge in [-0.1, -0.05) is 44.9 Å². The number of benzene rings is 1. The normalized spacial score (nSPS) is 17.1. The average Bonchev–Trinajstić information content (AvgIpc) is 2.81. The van der Waals surface area contributed by atoms with E-state index in [1.165, 1.54) is 18.4 Å². The highest BCUT2D eigenvalue weighted by Crippen LogP contribution is 2.24. The van der Waals surface area contributed by atoms with E-state index in [0.717, 1.165) is 31.0 Å². The van der Waals surface area contributed by atoms with Gasteiger partial charge in [-0.3, -0.25) is 4.79 Å². The first-order valence-corrected chi connectivity index (χ1v) is 7.29. The molecule has 0 saturated carbocycles. The molecule has 1 amide bonds. The number of anilines is 1. The standard InChI is InChI=1S/C16H24N2O/c1-12(2)7-5-6-10-17-16(19)15-11-13-8-3-4-9-14(13)18-15/h3-4,8-9,12,15,18H,5-7,10-11H2,1-2H3,(H,17,19)/t15-/m0/s1. The second-order valence-corrected chi connectivity index (χ2v) is 5.74. The summed E-state index contributed by atoms with van der Waals surface area (Å²) < 4.78 is 0. The molecule has 0 aliphatic carbocycles. The van der Waals surface area contributed by atoms with E-state index in [0.29, 0.717) is 0 Å². The van der Waals surface area contributed by atoms with Gasteiger partial charge in [0.05, 0.1) is 0 Å². The summed E-state index contributed by atoms with van der Waals surface area (Å²) in [6.45, 7) is 5.26. The molecule has 1 atom stereocenters. The number of hydrogen-bond acceptors (Lipinski definition) is 2. The van der Waals surface area contributed by atoms with Crippen molar-refractivity contribution in [3.8, 4) is 0 Å². The van der Waals surface area contributed by atoms with E-state index in [9.17, 15) is 4.79 Å². The van der Waals surface area contributed by atoms with Crippen LogP contribution in [-0.4, -0.2) is 18.5 Å². The van der Waals surface area contributed by atoms with E-state index in [1.807, 2.05) is 18.2 Å². The summed E-state index contributed by atoms with van der Waals surface area (Å²) in [5, 5.41) is 6.31. The van der Waals surface area contributed by atoms with Crippen molar-refractivity contribution >= 4 is 11.6 Å². The highest BCUT2D eigenvalue weighted by Gasteiger charge is 2.25. The summed E-state index contributed by atoms with van der Waals surface area (Å²) in [6, 6.07) is 8.04. The Morgan fingerprint density at radius 2 is 2.16 bits per heavy atom. The number of para-hydroxylation sites is 1. The zero-order chi connectivity index (χ0) is 13.7. The Morgan fingerprint density at radius 3 is 2.89 bits per heavy atom. The van der Waals surface area contributed by atoms with E-state index < -0.39 is 0 Å². The third kappa shape index (κ3) is 3.98. The number of amides is 1. The second-order valence-electron chi connectivity index (χ2n) is 5.74. The van der Waals surface area contributed by atoms with Crippen LogP contribution in [0.3, 0.4) is 0 Å². The molecule has 1 aliphatic heterocycles. The predicted octanol–water partition coefficient (Wildman–Crippen LogP) is 2.97. The first-order chi connectivity index (χ1) is 9.16.